The van der Waals surface area contributed by atoms with E-state index in [-0.39, 0.29) is 16.9 Å². The lowest BCUT2D eigenvalue weighted by Gasteiger charge is -2.15. The van der Waals surface area contributed by atoms with E-state index in [0.29, 0.717) is 0 Å². The SMILES string of the molecule is Nc1ncnc2c1c(OC(F)F)nn2[C@@H]1O[C@H](COS(N)(=O)=O)[C@@H](O)[C@H]1O. The quantitative estimate of drug-likeness (QED) is 0.403. The molecule has 27 heavy (non-hydrogen) atoms. The summed E-state index contributed by atoms with van der Waals surface area (Å²) in [5, 5.41) is 28.5. The Morgan fingerprint density at radius 2 is 2.04 bits per heavy atom. The van der Waals surface area contributed by atoms with Gasteiger partial charge in [0.2, 0.25) is 0 Å². The molecule has 2 aromatic heterocycles. The van der Waals surface area contributed by atoms with Crippen molar-refractivity contribution in [2.75, 3.05) is 12.3 Å². The van der Waals surface area contributed by atoms with E-state index in [2.05, 4.69) is 24.0 Å². The van der Waals surface area contributed by atoms with E-state index in [1.807, 2.05) is 0 Å². The third kappa shape index (κ3) is 3.89. The Hall–Kier alpha value is -2.24. The Balaban J connectivity index is 1.96. The van der Waals surface area contributed by atoms with Crippen LogP contribution in [0.3, 0.4) is 0 Å². The average Bonchev–Trinajstić information content (AvgIpc) is 3.04. The van der Waals surface area contributed by atoms with Crippen molar-refractivity contribution in [3.05, 3.63) is 6.33 Å². The highest BCUT2D eigenvalue weighted by Crippen LogP contribution is 2.36. The molecular formula is C11H14F2N6O7S. The molecule has 0 bridgehead atoms. The number of rotatable bonds is 6. The first-order valence-electron chi connectivity index (χ1n) is 7.20. The minimum absolute atomic E-state index is 0.123. The molecule has 0 aliphatic carbocycles. The molecule has 0 amide bonds. The first-order chi connectivity index (χ1) is 12.6. The Kier molecular flexibility index (Phi) is 5.10. The minimum atomic E-state index is -4.32. The van der Waals surface area contributed by atoms with Gasteiger partial charge in [-0.15, -0.1) is 5.10 Å². The van der Waals surface area contributed by atoms with E-state index in [1.165, 1.54) is 0 Å². The van der Waals surface area contributed by atoms with Crippen LogP contribution in [-0.4, -0.2) is 69.9 Å². The van der Waals surface area contributed by atoms with Gasteiger partial charge in [0.05, 0.1) is 6.61 Å². The fourth-order valence-corrected chi connectivity index (χ4v) is 2.86. The first-order valence-corrected chi connectivity index (χ1v) is 8.68. The van der Waals surface area contributed by atoms with Crippen molar-refractivity contribution in [1.82, 2.24) is 19.7 Å². The topological polar surface area (TPSA) is 198 Å². The Labute approximate surface area is 149 Å². The third-order valence-corrected chi connectivity index (χ3v) is 4.13. The number of aliphatic hydroxyl groups is 2. The van der Waals surface area contributed by atoms with Gasteiger partial charge >= 0.3 is 16.9 Å². The molecule has 0 spiro atoms. The summed E-state index contributed by atoms with van der Waals surface area (Å²) in [4.78, 5) is 7.50. The molecule has 150 valence electrons. The summed E-state index contributed by atoms with van der Waals surface area (Å²) in [5.41, 5.74) is 5.52. The standard InChI is InChI=1S/C11H14F2N6O7S/c12-11(13)26-9-4-7(14)16-2-17-8(4)19(18-9)10-6(21)5(20)3(25-10)1-24-27(15,22)23/h2-3,5-6,10-11,20-21H,1H2,(H2,14,16,17)(H2,15,22,23)/t3-,5-,6-,10-/m1/s1. The van der Waals surface area contributed by atoms with Gasteiger partial charge in [-0.25, -0.2) is 19.8 Å². The number of aliphatic hydroxyl groups excluding tert-OH is 2. The van der Waals surface area contributed by atoms with Crippen molar-refractivity contribution in [3.63, 3.8) is 0 Å². The maximum atomic E-state index is 12.6. The van der Waals surface area contributed by atoms with Gasteiger partial charge in [0.15, 0.2) is 11.9 Å². The Morgan fingerprint density at radius 3 is 2.67 bits per heavy atom. The molecule has 1 aliphatic rings. The van der Waals surface area contributed by atoms with Crippen molar-refractivity contribution in [3.8, 4) is 5.88 Å². The van der Waals surface area contributed by atoms with Gasteiger partial charge in [0, 0.05) is 0 Å². The highest BCUT2D eigenvalue weighted by atomic mass is 32.2. The van der Waals surface area contributed by atoms with Gasteiger partial charge in [-0.3, -0.25) is 4.18 Å². The van der Waals surface area contributed by atoms with Crippen LogP contribution in [0.1, 0.15) is 6.23 Å². The average molecular weight is 412 g/mol. The summed E-state index contributed by atoms with van der Waals surface area (Å²) in [7, 11) is -4.32. The highest BCUT2D eigenvalue weighted by Gasteiger charge is 2.46. The molecule has 0 aromatic carbocycles. The van der Waals surface area contributed by atoms with E-state index in [1.54, 1.807) is 0 Å². The molecule has 13 nitrogen and oxygen atoms in total. The zero-order valence-corrected chi connectivity index (χ0v) is 14.0. The number of halogens is 2. The van der Waals surface area contributed by atoms with Gasteiger partial charge in [-0.1, -0.05) is 0 Å². The molecule has 3 heterocycles. The molecule has 0 saturated carbocycles. The number of fused-ring (bicyclic) bond motifs is 1. The lowest BCUT2D eigenvalue weighted by atomic mass is 10.1. The molecule has 0 radical (unpaired) electrons. The Bertz CT molecular complexity index is 941. The predicted molar refractivity (Wildman–Crippen MR) is 81.4 cm³/mol. The largest absolute Gasteiger partial charge is 0.414 e. The van der Waals surface area contributed by atoms with Gasteiger partial charge in [0.25, 0.3) is 5.88 Å². The zero-order valence-electron chi connectivity index (χ0n) is 13.2. The van der Waals surface area contributed by atoms with Crippen LogP contribution in [0.4, 0.5) is 14.6 Å². The van der Waals surface area contributed by atoms with Crippen molar-refractivity contribution in [2.45, 2.75) is 31.2 Å². The smallest absolute Gasteiger partial charge is 0.388 e. The van der Waals surface area contributed by atoms with Crippen LogP contribution in [0.5, 0.6) is 5.88 Å². The molecule has 4 atom stereocenters. The molecule has 16 heteroatoms. The molecule has 2 aromatic rings. The number of nitrogens with zero attached hydrogens (tertiary/aromatic N) is 4. The second-order valence-electron chi connectivity index (χ2n) is 5.41. The fraction of sp³-hybridized carbons (Fsp3) is 0.545. The normalized spacial score (nSPS) is 26.1. The first kappa shape index (κ1) is 19.5. The summed E-state index contributed by atoms with van der Waals surface area (Å²) < 4.78 is 61.8. The maximum absolute atomic E-state index is 12.6. The number of nitrogen functional groups attached to an aromatic ring is 1. The summed E-state index contributed by atoms with van der Waals surface area (Å²) in [6, 6.07) is 0. The van der Waals surface area contributed by atoms with E-state index in [4.69, 9.17) is 15.6 Å². The number of alkyl halides is 2. The Morgan fingerprint density at radius 1 is 1.33 bits per heavy atom. The van der Waals surface area contributed by atoms with Gasteiger partial charge in [-0.2, -0.15) is 17.2 Å². The van der Waals surface area contributed by atoms with Crippen LogP contribution < -0.4 is 15.6 Å². The minimum Gasteiger partial charge on any atom is -0.414 e. The summed E-state index contributed by atoms with van der Waals surface area (Å²) in [6.07, 6.45) is -4.99. The fourth-order valence-electron chi connectivity index (χ4n) is 2.54. The molecular weight excluding hydrogens is 398 g/mol. The number of hydrogen-bond acceptors (Lipinski definition) is 11. The van der Waals surface area contributed by atoms with Crippen LogP contribution in [0.2, 0.25) is 0 Å². The summed E-state index contributed by atoms with van der Waals surface area (Å²) in [5.74, 6) is -0.836. The maximum Gasteiger partial charge on any atom is 0.388 e. The predicted octanol–water partition coefficient (Wildman–Crippen LogP) is -2.15. The number of aromatic nitrogens is 4. The van der Waals surface area contributed by atoms with Crippen LogP contribution in [0.15, 0.2) is 6.33 Å². The van der Waals surface area contributed by atoms with E-state index >= 15 is 0 Å². The number of ether oxygens (including phenoxy) is 2. The lowest BCUT2D eigenvalue weighted by Crippen LogP contribution is -2.35. The van der Waals surface area contributed by atoms with Gasteiger partial charge in [-0.05, 0) is 0 Å². The van der Waals surface area contributed by atoms with Crippen molar-refractivity contribution < 1.29 is 41.1 Å². The van der Waals surface area contributed by atoms with Crippen molar-refractivity contribution in [2.24, 2.45) is 5.14 Å². The van der Waals surface area contributed by atoms with Crippen molar-refractivity contribution >= 4 is 27.2 Å². The highest BCUT2D eigenvalue weighted by molar-refractivity contribution is 7.84. The summed E-state index contributed by atoms with van der Waals surface area (Å²) in [6.45, 7) is -3.93. The van der Waals surface area contributed by atoms with Crippen LogP contribution >= 0.6 is 0 Å². The van der Waals surface area contributed by atoms with E-state index < -0.39 is 53.9 Å². The molecule has 1 fully saturated rings. The van der Waals surface area contributed by atoms with Crippen LogP contribution in [-0.2, 0) is 19.2 Å². The zero-order chi connectivity index (χ0) is 19.9. The van der Waals surface area contributed by atoms with Crippen molar-refractivity contribution in [1.29, 1.82) is 0 Å². The number of nitrogens with two attached hydrogens (primary N) is 2. The molecule has 6 N–H and O–H groups in total. The second-order valence-corrected chi connectivity index (χ2v) is 6.63. The third-order valence-electron chi connectivity index (χ3n) is 3.66. The molecule has 3 rings (SSSR count). The van der Waals surface area contributed by atoms with E-state index in [0.717, 1.165) is 11.0 Å². The number of hydrogen-bond donors (Lipinski definition) is 4. The van der Waals surface area contributed by atoms with E-state index in [9.17, 15) is 27.4 Å². The van der Waals surface area contributed by atoms with Crippen LogP contribution in [0, 0.1) is 0 Å². The summed E-state index contributed by atoms with van der Waals surface area (Å²) >= 11 is 0. The lowest BCUT2D eigenvalue weighted by molar-refractivity contribution is -0.0623. The van der Waals surface area contributed by atoms with Gasteiger partial charge in [0.1, 0.15) is 35.8 Å². The van der Waals surface area contributed by atoms with Gasteiger partial charge < -0.3 is 25.4 Å². The molecule has 1 aliphatic heterocycles. The monoisotopic (exact) mass is 412 g/mol. The molecule has 1 saturated heterocycles. The molecule has 0 unspecified atom stereocenters. The number of anilines is 1. The second kappa shape index (κ2) is 7.06. The van der Waals surface area contributed by atoms with Crippen LogP contribution in [0.25, 0.3) is 11.0 Å².